The van der Waals surface area contributed by atoms with Gasteiger partial charge in [0.15, 0.2) is 11.0 Å². The van der Waals surface area contributed by atoms with Crippen molar-refractivity contribution >= 4 is 46.6 Å². The number of hydrogen-bond donors (Lipinski definition) is 1. The number of thioether (sulfide) groups is 1. The molecular formula is C23H26Cl2N4OS. The molecule has 1 heterocycles. The number of nitrogens with zero attached hydrogens (tertiary/aromatic N) is 3. The Kier molecular flexibility index (Phi) is 7.68. The zero-order valence-corrected chi connectivity index (χ0v) is 20.4. The van der Waals surface area contributed by atoms with Crippen LogP contribution in [0.4, 0.5) is 5.69 Å². The highest BCUT2D eigenvalue weighted by atomic mass is 35.5. The quantitative estimate of drug-likeness (QED) is 0.385. The second kappa shape index (κ2) is 10.1. The smallest absolute Gasteiger partial charge is 0.225 e. The second-order valence-electron chi connectivity index (χ2n) is 8.12. The van der Waals surface area contributed by atoms with Gasteiger partial charge >= 0.3 is 0 Å². The molecule has 2 aromatic carbocycles. The summed E-state index contributed by atoms with van der Waals surface area (Å²) < 4.78 is 2.07. The van der Waals surface area contributed by atoms with Gasteiger partial charge in [0.05, 0.1) is 15.7 Å². The summed E-state index contributed by atoms with van der Waals surface area (Å²) in [5, 5.41) is 13.2. The van der Waals surface area contributed by atoms with Crippen molar-refractivity contribution in [2.24, 2.45) is 0 Å². The normalized spacial score (nSPS) is 11.5. The van der Waals surface area contributed by atoms with Crippen molar-refractivity contribution in [3.05, 3.63) is 58.1 Å². The maximum absolute atomic E-state index is 12.3. The van der Waals surface area contributed by atoms with E-state index in [4.69, 9.17) is 23.2 Å². The standard InChI is InChI=1S/C23H26Cl2N4OS/c1-5-29-21(15-9-11-16(12-10-15)23(2,3)4)27-28-22(29)31-14-13-19(30)26-20-17(24)7-6-8-18(20)25/h6-12H,5,13-14H2,1-4H3,(H,26,30). The van der Waals surface area contributed by atoms with Gasteiger partial charge in [0, 0.05) is 24.3 Å². The Morgan fingerprint density at radius 1 is 1.06 bits per heavy atom. The van der Waals surface area contributed by atoms with Crippen molar-refractivity contribution in [1.82, 2.24) is 14.8 Å². The number of rotatable bonds is 7. The first-order valence-electron chi connectivity index (χ1n) is 10.1. The SMILES string of the molecule is CCn1c(SCCC(=O)Nc2c(Cl)cccc2Cl)nnc1-c1ccc(C(C)(C)C)cc1. The van der Waals surface area contributed by atoms with Crippen LogP contribution in [0.25, 0.3) is 11.4 Å². The highest BCUT2D eigenvalue weighted by molar-refractivity contribution is 7.99. The molecule has 3 rings (SSSR count). The number of carbonyl (C=O) groups excluding carboxylic acids is 1. The Hall–Kier alpha value is -2.02. The molecule has 0 spiro atoms. The predicted molar refractivity (Wildman–Crippen MR) is 130 cm³/mol. The number of halogens is 2. The third kappa shape index (κ3) is 5.82. The average Bonchev–Trinajstić information content (AvgIpc) is 3.13. The van der Waals surface area contributed by atoms with Gasteiger partial charge in [-0.1, -0.05) is 86.1 Å². The Morgan fingerprint density at radius 3 is 2.29 bits per heavy atom. The van der Waals surface area contributed by atoms with Crippen molar-refractivity contribution in [1.29, 1.82) is 0 Å². The average molecular weight is 477 g/mol. The number of carbonyl (C=O) groups is 1. The molecule has 0 unspecified atom stereocenters. The van der Waals surface area contributed by atoms with Crippen LogP contribution in [0.1, 0.15) is 39.7 Å². The summed E-state index contributed by atoms with van der Waals surface area (Å²) in [7, 11) is 0. The van der Waals surface area contributed by atoms with Crippen LogP contribution in [-0.2, 0) is 16.8 Å². The Bertz CT molecular complexity index is 1040. The summed E-state index contributed by atoms with van der Waals surface area (Å²) in [5.74, 6) is 1.25. The van der Waals surface area contributed by atoms with E-state index in [0.29, 0.717) is 27.9 Å². The van der Waals surface area contributed by atoms with E-state index in [1.807, 2.05) is 0 Å². The van der Waals surface area contributed by atoms with Crippen LogP contribution in [0.5, 0.6) is 0 Å². The van der Waals surface area contributed by atoms with Gasteiger partial charge < -0.3 is 9.88 Å². The highest BCUT2D eigenvalue weighted by Crippen LogP contribution is 2.31. The van der Waals surface area contributed by atoms with E-state index in [2.05, 4.69) is 72.0 Å². The maximum atomic E-state index is 12.3. The fourth-order valence-corrected chi connectivity index (χ4v) is 4.50. The second-order valence-corrected chi connectivity index (χ2v) is 10.00. The lowest BCUT2D eigenvalue weighted by molar-refractivity contribution is -0.115. The zero-order valence-electron chi connectivity index (χ0n) is 18.1. The molecule has 0 bridgehead atoms. The van der Waals surface area contributed by atoms with Crippen molar-refractivity contribution < 1.29 is 4.79 Å². The lowest BCUT2D eigenvalue weighted by atomic mass is 9.87. The number of amides is 1. The van der Waals surface area contributed by atoms with Crippen LogP contribution in [0.2, 0.25) is 10.0 Å². The molecule has 31 heavy (non-hydrogen) atoms. The first-order chi connectivity index (χ1) is 14.7. The lowest BCUT2D eigenvalue weighted by Gasteiger charge is -2.19. The highest BCUT2D eigenvalue weighted by Gasteiger charge is 2.17. The number of aromatic nitrogens is 3. The maximum Gasteiger partial charge on any atom is 0.225 e. The van der Waals surface area contributed by atoms with Gasteiger partial charge in [0.2, 0.25) is 5.91 Å². The van der Waals surface area contributed by atoms with Crippen molar-refractivity contribution in [3.63, 3.8) is 0 Å². The summed E-state index contributed by atoms with van der Waals surface area (Å²) in [6.07, 6.45) is 0.304. The Labute approximate surface area is 197 Å². The molecule has 0 aliphatic carbocycles. The van der Waals surface area contributed by atoms with Crippen LogP contribution in [0.15, 0.2) is 47.6 Å². The summed E-state index contributed by atoms with van der Waals surface area (Å²) in [5.41, 5.74) is 2.85. The zero-order chi connectivity index (χ0) is 22.6. The Morgan fingerprint density at radius 2 is 1.71 bits per heavy atom. The van der Waals surface area contributed by atoms with Gasteiger partial charge in [-0.3, -0.25) is 4.79 Å². The van der Waals surface area contributed by atoms with Crippen LogP contribution in [-0.4, -0.2) is 26.4 Å². The van der Waals surface area contributed by atoms with Gasteiger partial charge in [0.1, 0.15) is 0 Å². The molecule has 0 fully saturated rings. The third-order valence-corrected chi connectivity index (χ3v) is 6.43. The van der Waals surface area contributed by atoms with Gasteiger partial charge in [0.25, 0.3) is 0 Å². The number of anilines is 1. The van der Waals surface area contributed by atoms with Crippen molar-refractivity contribution in [2.75, 3.05) is 11.1 Å². The molecule has 8 heteroatoms. The van der Waals surface area contributed by atoms with Gasteiger partial charge in [-0.2, -0.15) is 0 Å². The minimum atomic E-state index is -0.150. The third-order valence-electron chi connectivity index (χ3n) is 4.83. The van der Waals surface area contributed by atoms with Crippen LogP contribution >= 0.6 is 35.0 Å². The summed E-state index contributed by atoms with van der Waals surface area (Å²) in [6, 6.07) is 13.6. The van der Waals surface area contributed by atoms with Gasteiger partial charge in [-0.15, -0.1) is 10.2 Å². The topological polar surface area (TPSA) is 59.8 Å². The van der Waals surface area contributed by atoms with E-state index in [0.717, 1.165) is 23.1 Å². The number of nitrogens with one attached hydrogen (secondary N) is 1. The van der Waals surface area contributed by atoms with E-state index in [1.54, 1.807) is 18.2 Å². The largest absolute Gasteiger partial charge is 0.324 e. The molecule has 0 atom stereocenters. The molecule has 1 aromatic heterocycles. The molecule has 164 valence electrons. The molecule has 1 N–H and O–H groups in total. The van der Waals surface area contributed by atoms with E-state index >= 15 is 0 Å². The molecule has 3 aromatic rings. The molecule has 0 saturated carbocycles. The van der Waals surface area contributed by atoms with Gasteiger partial charge in [-0.05, 0) is 30.0 Å². The van der Waals surface area contributed by atoms with Crippen LogP contribution in [0, 0.1) is 0 Å². The molecule has 0 aliphatic heterocycles. The van der Waals surface area contributed by atoms with E-state index < -0.39 is 0 Å². The number of para-hydroxylation sites is 1. The first kappa shape index (κ1) is 23.6. The predicted octanol–water partition coefficient (Wildman–Crippen LogP) is 6.69. The van der Waals surface area contributed by atoms with Crippen molar-refractivity contribution in [2.45, 2.75) is 51.2 Å². The van der Waals surface area contributed by atoms with Crippen LogP contribution < -0.4 is 5.32 Å². The number of benzene rings is 2. The number of hydrogen-bond acceptors (Lipinski definition) is 4. The summed E-state index contributed by atoms with van der Waals surface area (Å²) in [6.45, 7) is 9.39. The molecule has 0 saturated heterocycles. The molecule has 0 aliphatic rings. The molecular weight excluding hydrogens is 451 g/mol. The fourth-order valence-electron chi connectivity index (χ4n) is 3.07. The van der Waals surface area contributed by atoms with E-state index in [9.17, 15) is 4.79 Å². The first-order valence-corrected chi connectivity index (χ1v) is 11.9. The minimum absolute atomic E-state index is 0.104. The van der Waals surface area contributed by atoms with E-state index in [-0.39, 0.29) is 11.3 Å². The lowest BCUT2D eigenvalue weighted by Crippen LogP contribution is -2.13. The molecule has 5 nitrogen and oxygen atoms in total. The molecule has 1 amide bonds. The Balaban J connectivity index is 1.64. The van der Waals surface area contributed by atoms with Crippen molar-refractivity contribution in [3.8, 4) is 11.4 Å². The fraction of sp³-hybridized carbons (Fsp3) is 0.348. The van der Waals surface area contributed by atoms with Gasteiger partial charge in [-0.25, -0.2) is 0 Å². The summed E-state index contributed by atoms with van der Waals surface area (Å²) >= 11 is 13.7. The monoisotopic (exact) mass is 476 g/mol. The summed E-state index contributed by atoms with van der Waals surface area (Å²) in [4.78, 5) is 12.3. The molecule has 0 radical (unpaired) electrons. The minimum Gasteiger partial charge on any atom is -0.324 e. The van der Waals surface area contributed by atoms with E-state index in [1.165, 1.54) is 17.3 Å². The van der Waals surface area contributed by atoms with Crippen LogP contribution in [0.3, 0.4) is 0 Å².